The molecule has 18 heavy (non-hydrogen) atoms. The van der Waals surface area contributed by atoms with Crippen molar-refractivity contribution >= 4 is 11.4 Å². The standard InChI is InChI=1S/C15H10N2O/c1-2-15(18)11-7-3-5-9-13(11)16-17-14-10-6-4-8-12(14)15/h1,3-10,18H. The number of hydrogen-bond donors (Lipinski definition) is 1. The molecule has 0 unspecified atom stereocenters. The molecule has 3 heteroatoms. The van der Waals surface area contributed by atoms with Crippen LogP contribution in [0, 0.1) is 12.3 Å². The first-order valence-electron chi connectivity index (χ1n) is 5.56. The van der Waals surface area contributed by atoms with Crippen LogP contribution in [0.25, 0.3) is 0 Å². The smallest absolute Gasteiger partial charge is 0.180 e. The Kier molecular flexibility index (Phi) is 2.26. The molecule has 1 aliphatic rings. The Balaban J connectivity index is 2.40. The van der Waals surface area contributed by atoms with Crippen LogP contribution in [0.2, 0.25) is 0 Å². The zero-order valence-electron chi connectivity index (χ0n) is 9.54. The second kappa shape index (κ2) is 3.80. The fraction of sp³-hybridized carbons (Fsp3) is 0.0667. The van der Waals surface area contributed by atoms with E-state index in [1.54, 1.807) is 24.3 Å². The normalized spacial score (nSPS) is 15.1. The van der Waals surface area contributed by atoms with Crippen molar-refractivity contribution in [3.63, 3.8) is 0 Å². The minimum atomic E-state index is -1.49. The Bertz CT molecular complexity index is 633. The highest BCUT2D eigenvalue weighted by molar-refractivity contribution is 5.64. The molecule has 0 aliphatic carbocycles. The van der Waals surface area contributed by atoms with Crippen LogP contribution in [0.15, 0.2) is 58.8 Å². The van der Waals surface area contributed by atoms with E-state index in [1.807, 2.05) is 24.3 Å². The molecule has 0 amide bonds. The first-order chi connectivity index (χ1) is 8.75. The number of rotatable bonds is 0. The van der Waals surface area contributed by atoms with Crippen LogP contribution in [0.1, 0.15) is 11.1 Å². The highest BCUT2D eigenvalue weighted by Crippen LogP contribution is 2.42. The van der Waals surface area contributed by atoms with E-state index < -0.39 is 5.60 Å². The summed E-state index contributed by atoms with van der Waals surface area (Å²) in [6.45, 7) is 0. The lowest BCUT2D eigenvalue weighted by Gasteiger charge is -2.23. The van der Waals surface area contributed by atoms with Gasteiger partial charge in [-0.05, 0) is 12.1 Å². The molecule has 0 aromatic heterocycles. The lowest BCUT2D eigenvalue weighted by Crippen LogP contribution is -2.24. The highest BCUT2D eigenvalue weighted by atomic mass is 16.3. The van der Waals surface area contributed by atoms with Crippen molar-refractivity contribution in [3.8, 4) is 12.3 Å². The van der Waals surface area contributed by atoms with Crippen molar-refractivity contribution in [2.45, 2.75) is 5.60 Å². The molecule has 1 heterocycles. The number of azo groups is 1. The van der Waals surface area contributed by atoms with Crippen molar-refractivity contribution in [2.75, 3.05) is 0 Å². The van der Waals surface area contributed by atoms with Gasteiger partial charge in [-0.2, -0.15) is 10.2 Å². The second-order valence-corrected chi connectivity index (χ2v) is 4.09. The van der Waals surface area contributed by atoms with Gasteiger partial charge in [0.2, 0.25) is 0 Å². The van der Waals surface area contributed by atoms with Crippen LogP contribution in [0.5, 0.6) is 0 Å². The summed E-state index contributed by atoms with van der Waals surface area (Å²) in [7, 11) is 0. The van der Waals surface area contributed by atoms with Gasteiger partial charge in [0.1, 0.15) is 0 Å². The molecule has 86 valence electrons. The topological polar surface area (TPSA) is 45.0 Å². The van der Waals surface area contributed by atoms with Gasteiger partial charge in [-0.3, -0.25) is 0 Å². The maximum absolute atomic E-state index is 10.8. The highest BCUT2D eigenvalue weighted by Gasteiger charge is 2.35. The third kappa shape index (κ3) is 1.37. The third-order valence-electron chi connectivity index (χ3n) is 3.06. The summed E-state index contributed by atoms with van der Waals surface area (Å²) < 4.78 is 0. The molecule has 0 spiro atoms. The molecule has 2 aromatic carbocycles. The zero-order chi connectivity index (χ0) is 12.6. The van der Waals surface area contributed by atoms with Crippen molar-refractivity contribution in [1.29, 1.82) is 0 Å². The lowest BCUT2D eigenvalue weighted by molar-refractivity contribution is 0.147. The number of hydrogen-bond acceptors (Lipinski definition) is 3. The summed E-state index contributed by atoms with van der Waals surface area (Å²) in [4.78, 5) is 0. The van der Waals surface area contributed by atoms with Crippen LogP contribution in [-0.2, 0) is 5.60 Å². The average Bonchev–Trinajstić information content (AvgIpc) is 2.56. The molecule has 0 fully saturated rings. The van der Waals surface area contributed by atoms with E-state index in [-0.39, 0.29) is 0 Å². The van der Waals surface area contributed by atoms with Gasteiger partial charge in [-0.1, -0.05) is 42.3 Å². The molecule has 0 bridgehead atoms. The maximum atomic E-state index is 10.8. The molecule has 0 saturated heterocycles. The Morgan fingerprint density at radius 2 is 1.33 bits per heavy atom. The number of nitrogens with zero attached hydrogens (tertiary/aromatic N) is 2. The fourth-order valence-electron chi connectivity index (χ4n) is 2.14. The van der Waals surface area contributed by atoms with Crippen molar-refractivity contribution in [1.82, 2.24) is 0 Å². The minimum Gasteiger partial charge on any atom is -0.369 e. The largest absolute Gasteiger partial charge is 0.369 e. The van der Waals surface area contributed by atoms with E-state index in [2.05, 4.69) is 16.1 Å². The van der Waals surface area contributed by atoms with Crippen molar-refractivity contribution in [2.24, 2.45) is 10.2 Å². The predicted molar refractivity (Wildman–Crippen MR) is 68.9 cm³/mol. The summed E-state index contributed by atoms with van der Waals surface area (Å²) in [5, 5.41) is 19.1. The summed E-state index contributed by atoms with van der Waals surface area (Å²) >= 11 is 0. The maximum Gasteiger partial charge on any atom is 0.180 e. The van der Waals surface area contributed by atoms with Crippen LogP contribution < -0.4 is 0 Å². The van der Waals surface area contributed by atoms with Crippen LogP contribution >= 0.6 is 0 Å². The minimum absolute atomic E-state index is 0.584. The fourth-order valence-corrected chi connectivity index (χ4v) is 2.14. The molecule has 1 N–H and O–H groups in total. The molecular formula is C15H10N2O. The average molecular weight is 234 g/mol. The monoisotopic (exact) mass is 234 g/mol. The van der Waals surface area contributed by atoms with Crippen molar-refractivity contribution < 1.29 is 5.11 Å². The summed E-state index contributed by atoms with van der Waals surface area (Å²) in [5.74, 6) is 2.47. The summed E-state index contributed by atoms with van der Waals surface area (Å²) in [6.07, 6.45) is 5.55. The SMILES string of the molecule is C#CC1(O)c2ccccc2N=Nc2ccccc21. The number of aliphatic hydroxyl groups is 1. The Morgan fingerprint density at radius 1 is 0.889 bits per heavy atom. The van der Waals surface area contributed by atoms with Gasteiger partial charge in [0.15, 0.2) is 5.60 Å². The van der Waals surface area contributed by atoms with Crippen LogP contribution in [0.3, 0.4) is 0 Å². The summed E-state index contributed by atoms with van der Waals surface area (Å²) in [5.41, 5.74) is 0.863. The van der Waals surface area contributed by atoms with Crippen molar-refractivity contribution in [3.05, 3.63) is 59.7 Å². The van der Waals surface area contributed by atoms with E-state index in [0.717, 1.165) is 0 Å². The van der Waals surface area contributed by atoms with Gasteiger partial charge in [-0.15, -0.1) is 6.42 Å². The van der Waals surface area contributed by atoms with Gasteiger partial charge in [-0.25, -0.2) is 0 Å². The number of benzene rings is 2. The molecule has 0 saturated carbocycles. The van der Waals surface area contributed by atoms with E-state index in [0.29, 0.717) is 22.5 Å². The van der Waals surface area contributed by atoms with E-state index >= 15 is 0 Å². The molecule has 3 rings (SSSR count). The van der Waals surface area contributed by atoms with Gasteiger partial charge in [0.25, 0.3) is 0 Å². The molecular weight excluding hydrogens is 224 g/mol. The molecule has 2 aromatic rings. The Hall–Kier alpha value is -2.44. The van der Waals surface area contributed by atoms with Gasteiger partial charge < -0.3 is 5.11 Å². The number of fused-ring (bicyclic) bond motifs is 2. The quantitative estimate of drug-likeness (QED) is 0.698. The third-order valence-corrected chi connectivity index (χ3v) is 3.06. The van der Waals surface area contributed by atoms with Gasteiger partial charge in [0, 0.05) is 11.1 Å². The predicted octanol–water partition coefficient (Wildman–Crippen LogP) is 3.28. The van der Waals surface area contributed by atoms with Crippen LogP contribution in [0.4, 0.5) is 11.4 Å². The van der Waals surface area contributed by atoms with E-state index in [9.17, 15) is 5.11 Å². The first-order valence-corrected chi connectivity index (χ1v) is 5.56. The number of terminal acetylenes is 1. The molecule has 1 aliphatic heterocycles. The molecule has 3 nitrogen and oxygen atoms in total. The Morgan fingerprint density at radius 3 is 1.78 bits per heavy atom. The van der Waals surface area contributed by atoms with Gasteiger partial charge in [0.05, 0.1) is 11.4 Å². The first kappa shape index (κ1) is 10.7. The molecule has 0 atom stereocenters. The second-order valence-electron chi connectivity index (χ2n) is 4.09. The van der Waals surface area contributed by atoms with E-state index in [4.69, 9.17) is 6.42 Å². The van der Waals surface area contributed by atoms with E-state index in [1.165, 1.54) is 0 Å². The Labute approximate surface area is 105 Å². The molecule has 0 radical (unpaired) electrons. The summed E-state index contributed by atoms with van der Waals surface area (Å²) in [6, 6.07) is 14.4. The lowest BCUT2D eigenvalue weighted by atomic mass is 9.85. The van der Waals surface area contributed by atoms with Gasteiger partial charge >= 0.3 is 0 Å². The zero-order valence-corrected chi connectivity index (χ0v) is 9.54. The van der Waals surface area contributed by atoms with Crippen LogP contribution in [-0.4, -0.2) is 5.11 Å².